The third-order valence-electron chi connectivity index (χ3n) is 3.89. The van der Waals surface area contributed by atoms with Crippen LogP contribution in [0, 0.1) is 10.1 Å². The van der Waals surface area contributed by atoms with Crippen molar-refractivity contribution in [3.05, 3.63) is 68.2 Å². The number of hydrazone groups is 1. The van der Waals surface area contributed by atoms with Gasteiger partial charge in [-0.1, -0.05) is 15.9 Å². The molecule has 0 N–H and O–H groups in total. The zero-order valence-electron chi connectivity index (χ0n) is 15.5. The van der Waals surface area contributed by atoms with Crippen molar-refractivity contribution in [2.45, 2.75) is 33.1 Å². The van der Waals surface area contributed by atoms with Gasteiger partial charge in [0.1, 0.15) is 5.75 Å². The lowest BCUT2D eigenvalue weighted by atomic mass is 10.1. The number of non-ortho nitro benzene ring substituents is 1. The topological polar surface area (TPSA) is 94.3 Å². The van der Waals surface area contributed by atoms with Crippen molar-refractivity contribution < 1.29 is 19.2 Å². The van der Waals surface area contributed by atoms with Crippen molar-refractivity contribution in [3.63, 3.8) is 0 Å². The molecule has 0 aromatic heterocycles. The molecule has 1 atom stereocenters. The van der Waals surface area contributed by atoms with Crippen molar-refractivity contribution >= 4 is 33.4 Å². The van der Waals surface area contributed by atoms with Gasteiger partial charge in [0.15, 0.2) is 0 Å². The zero-order chi connectivity index (χ0) is 20.4. The van der Waals surface area contributed by atoms with Gasteiger partial charge >= 0.3 is 0 Å². The molecule has 0 spiro atoms. The summed E-state index contributed by atoms with van der Waals surface area (Å²) in [4.78, 5) is 22.5. The number of amides is 1. The maximum absolute atomic E-state index is 12.1. The molecule has 0 saturated carbocycles. The molecule has 0 unspecified atom stereocenters. The average molecular weight is 448 g/mol. The number of benzene rings is 2. The highest BCUT2D eigenvalue weighted by molar-refractivity contribution is 9.10. The summed E-state index contributed by atoms with van der Waals surface area (Å²) in [5, 5.41) is 16.4. The minimum absolute atomic E-state index is 0.0446. The molecule has 1 aliphatic heterocycles. The van der Waals surface area contributed by atoms with Crippen molar-refractivity contribution in [1.82, 2.24) is 5.01 Å². The highest BCUT2D eigenvalue weighted by Crippen LogP contribution is 2.34. The van der Waals surface area contributed by atoms with Gasteiger partial charge in [0, 0.05) is 29.1 Å². The summed E-state index contributed by atoms with van der Waals surface area (Å²) in [5.41, 5.74) is 1.12. The molecule has 0 fully saturated rings. The van der Waals surface area contributed by atoms with E-state index in [1.54, 1.807) is 24.3 Å². The molecule has 2 aromatic rings. The number of nitro benzene ring substituents is 1. The van der Waals surface area contributed by atoms with E-state index in [-0.39, 0.29) is 23.6 Å². The Kier molecular flexibility index (Phi) is 5.64. The van der Waals surface area contributed by atoms with Gasteiger partial charge < -0.3 is 9.47 Å². The normalized spacial score (nSPS) is 16.0. The van der Waals surface area contributed by atoms with Crippen LogP contribution in [0.1, 0.15) is 38.1 Å². The van der Waals surface area contributed by atoms with E-state index in [9.17, 15) is 14.9 Å². The first-order valence-corrected chi connectivity index (χ1v) is 9.31. The van der Waals surface area contributed by atoms with Crippen molar-refractivity contribution in [2.75, 3.05) is 0 Å². The number of halogens is 1. The summed E-state index contributed by atoms with van der Waals surface area (Å²) in [7, 11) is 0. The van der Waals surface area contributed by atoms with E-state index in [1.165, 1.54) is 24.1 Å². The van der Waals surface area contributed by atoms with Crippen molar-refractivity contribution in [1.29, 1.82) is 0 Å². The maximum Gasteiger partial charge on any atom is 0.269 e. The van der Waals surface area contributed by atoms with E-state index in [4.69, 9.17) is 9.47 Å². The van der Waals surface area contributed by atoms with Gasteiger partial charge in [-0.05, 0) is 44.2 Å². The summed E-state index contributed by atoms with van der Waals surface area (Å²) in [6.45, 7) is 5.19. The summed E-state index contributed by atoms with van der Waals surface area (Å²) >= 11 is 3.42. The molecule has 146 valence electrons. The maximum atomic E-state index is 12.1. The number of carbonyl (C=O) groups excluding carboxylic acids is 1. The first-order chi connectivity index (χ1) is 13.3. The first-order valence-electron chi connectivity index (χ1n) is 8.52. The second kappa shape index (κ2) is 7.97. The Morgan fingerprint density at radius 3 is 2.54 bits per heavy atom. The minimum Gasteiger partial charge on any atom is -0.490 e. The number of nitrogens with zero attached hydrogens (tertiary/aromatic N) is 3. The predicted molar refractivity (Wildman–Crippen MR) is 106 cm³/mol. The number of hydrogen-bond donors (Lipinski definition) is 0. The molecule has 0 radical (unpaired) electrons. The molecule has 0 aliphatic carbocycles. The third kappa shape index (κ3) is 4.14. The standard InChI is InChI=1S/C19H18BrN3O5/c1-11(2)27-17-9-6-14(20)10-16(17)18-21-22(12(3)24)19(28-18)13-4-7-15(8-5-13)23(25)26/h4-11,19H,1-3H3/t19-/m1/s1. The van der Waals surface area contributed by atoms with Crippen LogP contribution in [-0.4, -0.2) is 27.8 Å². The Morgan fingerprint density at radius 2 is 1.96 bits per heavy atom. The van der Waals surface area contributed by atoms with Crippen LogP contribution in [0.5, 0.6) is 5.75 Å². The van der Waals surface area contributed by atoms with Gasteiger partial charge in [0.25, 0.3) is 5.69 Å². The number of nitro groups is 1. The van der Waals surface area contributed by atoms with Gasteiger partial charge in [0.2, 0.25) is 18.0 Å². The Bertz CT molecular complexity index is 943. The molecule has 2 aromatic carbocycles. The summed E-state index contributed by atoms with van der Waals surface area (Å²) in [6.07, 6.45) is -0.879. The van der Waals surface area contributed by atoms with Crippen LogP contribution in [0.4, 0.5) is 5.69 Å². The molecule has 1 amide bonds. The van der Waals surface area contributed by atoms with E-state index < -0.39 is 11.2 Å². The van der Waals surface area contributed by atoms with Gasteiger partial charge in [0.05, 0.1) is 16.6 Å². The van der Waals surface area contributed by atoms with Gasteiger partial charge in [-0.3, -0.25) is 14.9 Å². The quantitative estimate of drug-likeness (QED) is 0.500. The second-order valence-corrected chi connectivity index (χ2v) is 7.31. The number of ether oxygens (including phenoxy) is 2. The van der Waals surface area contributed by atoms with E-state index >= 15 is 0 Å². The molecule has 1 heterocycles. The Hall–Kier alpha value is -2.94. The zero-order valence-corrected chi connectivity index (χ0v) is 17.0. The largest absolute Gasteiger partial charge is 0.490 e. The monoisotopic (exact) mass is 447 g/mol. The Labute approximate surface area is 170 Å². The van der Waals surface area contributed by atoms with E-state index in [1.807, 2.05) is 19.9 Å². The molecular weight excluding hydrogens is 430 g/mol. The molecule has 0 bridgehead atoms. The second-order valence-electron chi connectivity index (χ2n) is 6.39. The van der Waals surface area contributed by atoms with Gasteiger partial charge in [-0.2, -0.15) is 5.01 Å². The van der Waals surface area contributed by atoms with E-state index in [0.29, 0.717) is 16.9 Å². The van der Waals surface area contributed by atoms with E-state index in [2.05, 4.69) is 21.0 Å². The molecule has 9 heteroatoms. The van der Waals surface area contributed by atoms with Crippen LogP contribution in [0.3, 0.4) is 0 Å². The lowest BCUT2D eigenvalue weighted by Crippen LogP contribution is -2.25. The molecule has 3 rings (SSSR count). The fraction of sp³-hybridized carbons (Fsp3) is 0.263. The molecular formula is C19H18BrN3O5. The van der Waals surface area contributed by atoms with Crippen LogP contribution in [-0.2, 0) is 9.53 Å². The minimum atomic E-state index is -0.820. The fourth-order valence-corrected chi connectivity index (χ4v) is 3.04. The SMILES string of the molecule is CC(=O)N1N=C(c2cc(Br)ccc2OC(C)C)O[C@@H]1c1ccc([N+](=O)[O-])cc1. The summed E-state index contributed by atoms with van der Waals surface area (Å²) in [6, 6.07) is 11.2. The van der Waals surface area contributed by atoms with Crippen LogP contribution in [0.25, 0.3) is 0 Å². The lowest BCUT2D eigenvalue weighted by molar-refractivity contribution is -0.384. The molecule has 28 heavy (non-hydrogen) atoms. The third-order valence-corrected chi connectivity index (χ3v) is 4.38. The van der Waals surface area contributed by atoms with E-state index in [0.717, 1.165) is 4.47 Å². The highest BCUT2D eigenvalue weighted by Gasteiger charge is 2.34. The number of rotatable bonds is 5. The van der Waals surface area contributed by atoms with Crippen LogP contribution in [0.15, 0.2) is 52.0 Å². The predicted octanol–water partition coefficient (Wildman–Crippen LogP) is 4.38. The summed E-state index contributed by atoms with van der Waals surface area (Å²) in [5.74, 6) is 0.486. The first kappa shape index (κ1) is 19.8. The average Bonchev–Trinajstić information content (AvgIpc) is 3.08. The fourth-order valence-electron chi connectivity index (χ4n) is 2.68. The van der Waals surface area contributed by atoms with Crippen LogP contribution < -0.4 is 4.74 Å². The van der Waals surface area contributed by atoms with Crippen LogP contribution in [0.2, 0.25) is 0 Å². The van der Waals surface area contributed by atoms with Crippen molar-refractivity contribution in [2.24, 2.45) is 5.10 Å². The summed E-state index contributed by atoms with van der Waals surface area (Å²) < 4.78 is 12.6. The Morgan fingerprint density at radius 1 is 1.29 bits per heavy atom. The molecule has 1 aliphatic rings. The van der Waals surface area contributed by atoms with Crippen LogP contribution >= 0.6 is 15.9 Å². The van der Waals surface area contributed by atoms with Gasteiger partial charge in [-0.15, -0.1) is 5.10 Å². The highest BCUT2D eigenvalue weighted by atomic mass is 79.9. The number of hydrogen-bond acceptors (Lipinski definition) is 6. The molecule has 0 saturated heterocycles. The smallest absolute Gasteiger partial charge is 0.269 e. The Balaban J connectivity index is 1.97. The van der Waals surface area contributed by atoms with Crippen molar-refractivity contribution in [3.8, 4) is 5.75 Å². The lowest BCUT2D eigenvalue weighted by Gasteiger charge is -2.19. The number of carbonyl (C=O) groups is 1. The van der Waals surface area contributed by atoms with Gasteiger partial charge in [-0.25, -0.2) is 0 Å². The molecule has 8 nitrogen and oxygen atoms in total.